The number of nitro benzene ring substituents is 1. The summed E-state index contributed by atoms with van der Waals surface area (Å²) >= 11 is 0. The zero-order valence-corrected chi connectivity index (χ0v) is 11.5. The number of rotatable bonds is 5. The number of carbonyl (C=O) groups is 1. The van der Waals surface area contributed by atoms with Gasteiger partial charge in [-0.15, -0.1) is 0 Å². The van der Waals surface area contributed by atoms with Gasteiger partial charge in [0.1, 0.15) is 6.61 Å². The maximum Gasteiger partial charge on any atom is 0.328 e. The number of nitro groups is 1. The highest BCUT2D eigenvalue weighted by atomic mass is 16.6. The molecule has 0 heterocycles. The summed E-state index contributed by atoms with van der Waals surface area (Å²) in [6.07, 6.45) is 0. The van der Waals surface area contributed by atoms with E-state index >= 15 is 0 Å². The van der Waals surface area contributed by atoms with Gasteiger partial charge < -0.3 is 4.74 Å². The van der Waals surface area contributed by atoms with Crippen LogP contribution in [0.4, 0.5) is 5.69 Å². The van der Waals surface area contributed by atoms with Crippen LogP contribution in [0, 0.1) is 21.4 Å². The smallest absolute Gasteiger partial charge is 0.328 e. The van der Waals surface area contributed by atoms with Gasteiger partial charge in [0.05, 0.1) is 11.0 Å². The van der Waals surface area contributed by atoms with Crippen LogP contribution in [-0.2, 0) is 16.1 Å². The summed E-state index contributed by atoms with van der Waals surface area (Å²) in [7, 11) is 0. The number of non-ortho nitro benzene ring substituents is 1. The minimum atomic E-state index is -0.987. The maximum absolute atomic E-state index is 12.0. The second-order valence-electron chi connectivity index (χ2n) is 4.50. The van der Waals surface area contributed by atoms with Crippen LogP contribution in [0.5, 0.6) is 0 Å². The molecule has 0 radical (unpaired) electrons. The molecule has 0 bridgehead atoms. The van der Waals surface area contributed by atoms with E-state index in [1.54, 1.807) is 30.3 Å². The Labute approximate surface area is 126 Å². The molecule has 0 spiro atoms. The second kappa shape index (κ2) is 6.99. The van der Waals surface area contributed by atoms with Crippen molar-refractivity contribution in [2.24, 2.45) is 0 Å². The van der Waals surface area contributed by atoms with E-state index in [9.17, 15) is 14.9 Å². The monoisotopic (exact) mass is 296 g/mol. The lowest BCUT2D eigenvalue weighted by molar-refractivity contribution is -0.384. The average molecular weight is 296 g/mol. The molecule has 0 amide bonds. The van der Waals surface area contributed by atoms with Crippen molar-refractivity contribution in [2.75, 3.05) is 0 Å². The van der Waals surface area contributed by atoms with E-state index in [1.165, 1.54) is 24.3 Å². The first-order chi connectivity index (χ1) is 10.6. The number of nitrogens with zero attached hydrogens (tertiary/aromatic N) is 2. The largest absolute Gasteiger partial charge is 0.460 e. The molecule has 0 fully saturated rings. The summed E-state index contributed by atoms with van der Waals surface area (Å²) in [6, 6.07) is 16.2. The van der Waals surface area contributed by atoms with Crippen molar-refractivity contribution < 1.29 is 14.5 Å². The third-order valence-corrected chi connectivity index (χ3v) is 3.03. The summed E-state index contributed by atoms with van der Waals surface area (Å²) in [6.45, 7) is -0.0398. The highest BCUT2D eigenvalue weighted by molar-refractivity contribution is 5.81. The van der Waals surface area contributed by atoms with Crippen molar-refractivity contribution in [3.05, 3.63) is 75.8 Å². The molecule has 0 aliphatic rings. The van der Waals surface area contributed by atoms with Crippen LogP contribution in [0.25, 0.3) is 0 Å². The lowest BCUT2D eigenvalue weighted by atomic mass is 10.0. The highest BCUT2D eigenvalue weighted by Crippen LogP contribution is 2.18. The Kier molecular flexibility index (Phi) is 4.83. The van der Waals surface area contributed by atoms with Crippen LogP contribution in [0.2, 0.25) is 0 Å². The molecule has 0 aliphatic heterocycles. The number of nitriles is 1. The molecule has 0 aromatic heterocycles. The number of carbonyl (C=O) groups excluding carboxylic acids is 1. The molecule has 1 atom stereocenters. The molecule has 2 rings (SSSR count). The zero-order chi connectivity index (χ0) is 15.9. The molecule has 22 heavy (non-hydrogen) atoms. The Hall–Kier alpha value is -3.20. The lowest BCUT2D eigenvalue weighted by Gasteiger charge is -2.09. The van der Waals surface area contributed by atoms with Crippen molar-refractivity contribution in [1.29, 1.82) is 5.26 Å². The lowest BCUT2D eigenvalue weighted by Crippen LogP contribution is -2.14. The fourth-order valence-electron chi connectivity index (χ4n) is 1.86. The van der Waals surface area contributed by atoms with E-state index in [0.29, 0.717) is 11.1 Å². The fraction of sp³-hybridized carbons (Fsp3) is 0.125. The van der Waals surface area contributed by atoms with Crippen molar-refractivity contribution in [1.82, 2.24) is 0 Å². The highest BCUT2D eigenvalue weighted by Gasteiger charge is 2.21. The second-order valence-corrected chi connectivity index (χ2v) is 4.50. The predicted molar refractivity (Wildman–Crippen MR) is 77.7 cm³/mol. The Bertz CT molecular complexity index is 705. The third kappa shape index (κ3) is 3.67. The van der Waals surface area contributed by atoms with Crippen molar-refractivity contribution in [3.8, 4) is 6.07 Å². The molecule has 6 heteroatoms. The number of esters is 1. The molecule has 0 N–H and O–H groups in total. The normalized spacial score (nSPS) is 11.2. The summed E-state index contributed by atoms with van der Waals surface area (Å²) in [5, 5.41) is 19.7. The van der Waals surface area contributed by atoms with Gasteiger partial charge in [-0.05, 0) is 23.3 Å². The first kappa shape index (κ1) is 15.2. The first-order valence-corrected chi connectivity index (χ1v) is 6.46. The van der Waals surface area contributed by atoms with E-state index in [2.05, 4.69) is 0 Å². The molecule has 2 aromatic carbocycles. The number of ether oxygens (including phenoxy) is 1. The standard InChI is InChI=1S/C16H12N2O4/c17-10-15(13-4-2-1-3-5-13)16(19)22-11-12-6-8-14(9-7-12)18(20)21/h1-9,15H,11H2. The SMILES string of the molecule is N#CC(C(=O)OCc1ccc([N+](=O)[O-])cc1)c1ccccc1. The average Bonchev–Trinajstić information content (AvgIpc) is 2.55. The van der Waals surface area contributed by atoms with E-state index in [-0.39, 0.29) is 12.3 Å². The zero-order valence-electron chi connectivity index (χ0n) is 11.5. The van der Waals surface area contributed by atoms with Crippen LogP contribution in [-0.4, -0.2) is 10.9 Å². The van der Waals surface area contributed by atoms with Crippen molar-refractivity contribution in [3.63, 3.8) is 0 Å². The molecular formula is C16H12N2O4. The van der Waals surface area contributed by atoms with Gasteiger partial charge >= 0.3 is 5.97 Å². The summed E-state index contributed by atoms with van der Waals surface area (Å²) in [4.78, 5) is 22.0. The van der Waals surface area contributed by atoms with Gasteiger partial charge in [-0.3, -0.25) is 14.9 Å². The van der Waals surface area contributed by atoms with Crippen molar-refractivity contribution >= 4 is 11.7 Å². The fourth-order valence-corrected chi connectivity index (χ4v) is 1.86. The Morgan fingerprint density at radius 3 is 2.36 bits per heavy atom. The Morgan fingerprint density at radius 1 is 1.18 bits per heavy atom. The van der Waals surface area contributed by atoms with E-state index in [0.717, 1.165) is 0 Å². The van der Waals surface area contributed by atoms with E-state index < -0.39 is 16.8 Å². The molecule has 6 nitrogen and oxygen atoms in total. The molecule has 2 aromatic rings. The number of hydrogen-bond donors (Lipinski definition) is 0. The molecule has 0 aliphatic carbocycles. The van der Waals surface area contributed by atoms with Gasteiger partial charge in [-0.1, -0.05) is 30.3 Å². The van der Waals surface area contributed by atoms with E-state index in [1.807, 2.05) is 6.07 Å². The van der Waals surface area contributed by atoms with Gasteiger partial charge in [-0.2, -0.15) is 5.26 Å². The molecule has 110 valence electrons. The minimum absolute atomic E-state index is 0.0331. The minimum Gasteiger partial charge on any atom is -0.460 e. The summed E-state index contributed by atoms with van der Waals surface area (Å²) in [5.41, 5.74) is 1.15. The first-order valence-electron chi connectivity index (χ1n) is 6.46. The third-order valence-electron chi connectivity index (χ3n) is 3.03. The Morgan fingerprint density at radius 2 is 1.82 bits per heavy atom. The van der Waals surface area contributed by atoms with Crippen LogP contribution >= 0.6 is 0 Å². The van der Waals surface area contributed by atoms with Crippen LogP contribution in [0.15, 0.2) is 54.6 Å². The van der Waals surface area contributed by atoms with Gasteiger partial charge in [0.2, 0.25) is 0 Å². The summed E-state index contributed by atoms with van der Waals surface area (Å²) in [5.74, 6) is -1.63. The summed E-state index contributed by atoms with van der Waals surface area (Å²) < 4.78 is 5.10. The molecule has 0 saturated heterocycles. The molecule has 1 unspecified atom stereocenters. The van der Waals surface area contributed by atoms with Gasteiger partial charge in [-0.25, -0.2) is 0 Å². The van der Waals surface area contributed by atoms with Crippen LogP contribution < -0.4 is 0 Å². The predicted octanol–water partition coefficient (Wildman–Crippen LogP) is 2.95. The number of hydrogen-bond acceptors (Lipinski definition) is 5. The van der Waals surface area contributed by atoms with Gasteiger partial charge in [0.15, 0.2) is 5.92 Å². The topological polar surface area (TPSA) is 93.2 Å². The quantitative estimate of drug-likeness (QED) is 0.480. The van der Waals surface area contributed by atoms with Crippen LogP contribution in [0.1, 0.15) is 17.0 Å². The Balaban J connectivity index is 2.00. The van der Waals surface area contributed by atoms with Gasteiger partial charge in [0.25, 0.3) is 5.69 Å². The van der Waals surface area contributed by atoms with Gasteiger partial charge in [0, 0.05) is 12.1 Å². The molecular weight excluding hydrogens is 284 g/mol. The van der Waals surface area contributed by atoms with E-state index in [4.69, 9.17) is 10.00 Å². The molecule has 0 saturated carbocycles. The number of benzene rings is 2. The van der Waals surface area contributed by atoms with Crippen LogP contribution in [0.3, 0.4) is 0 Å². The maximum atomic E-state index is 12.0. The van der Waals surface area contributed by atoms with Crippen molar-refractivity contribution in [2.45, 2.75) is 12.5 Å².